The van der Waals surface area contributed by atoms with Crippen LogP contribution in [-0.2, 0) is 10.0 Å². The lowest BCUT2D eigenvalue weighted by molar-refractivity contribution is 0.0979. The Labute approximate surface area is 133 Å². The summed E-state index contributed by atoms with van der Waals surface area (Å²) in [6, 6.07) is 6.16. The Morgan fingerprint density at radius 1 is 1.30 bits per heavy atom. The van der Waals surface area contributed by atoms with Crippen LogP contribution in [-0.4, -0.2) is 23.9 Å². The first-order chi connectivity index (χ1) is 10.9. The Hall–Kier alpha value is -2.48. The van der Waals surface area contributed by atoms with Crippen molar-refractivity contribution in [3.63, 3.8) is 0 Å². The predicted molar refractivity (Wildman–Crippen MR) is 82.6 cm³/mol. The molecule has 0 radical (unpaired) electrons. The second kappa shape index (κ2) is 5.62. The third-order valence-electron chi connectivity index (χ3n) is 3.60. The van der Waals surface area contributed by atoms with Gasteiger partial charge in [-0.05, 0) is 43.5 Å². The maximum atomic E-state index is 12.3. The molecule has 3 rings (SSSR count). The molecule has 0 spiro atoms. The van der Waals surface area contributed by atoms with E-state index in [4.69, 9.17) is 0 Å². The number of aromatic nitrogens is 2. The summed E-state index contributed by atoms with van der Waals surface area (Å²) in [7, 11) is -4.13. The summed E-state index contributed by atoms with van der Waals surface area (Å²) in [6.07, 6.45) is 4.70. The van der Waals surface area contributed by atoms with E-state index in [-0.39, 0.29) is 16.6 Å². The molecule has 0 atom stereocenters. The highest BCUT2D eigenvalue weighted by Crippen LogP contribution is 2.33. The summed E-state index contributed by atoms with van der Waals surface area (Å²) >= 11 is 0. The van der Waals surface area contributed by atoms with Crippen molar-refractivity contribution in [3.8, 4) is 0 Å². The van der Waals surface area contributed by atoms with Crippen LogP contribution in [0.2, 0.25) is 0 Å². The molecule has 0 unspecified atom stereocenters. The van der Waals surface area contributed by atoms with E-state index >= 15 is 0 Å². The van der Waals surface area contributed by atoms with Crippen LogP contribution in [0.15, 0.2) is 46.5 Å². The predicted octanol–water partition coefficient (Wildman–Crippen LogP) is 1.01. The van der Waals surface area contributed by atoms with Gasteiger partial charge in [0, 0.05) is 18.4 Å². The maximum Gasteiger partial charge on any atom is 0.282 e. The SMILES string of the molecule is Cc1cccnc1S(=O)(=O)NC(=O)c1cccn(C2CC2)c1=O. The number of amides is 1. The van der Waals surface area contributed by atoms with Gasteiger partial charge in [-0.3, -0.25) is 9.59 Å². The Kier molecular flexibility index (Phi) is 3.77. The summed E-state index contributed by atoms with van der Waals surface area (Å²) in [5, 5.41) is -0.230. The number of pyridine rings is 2. The molecule has 1 N–H and O–H groups in total. The number of sulfonamides is 1. The van der Waals surface area contributed by atoms with Gasteiger partial charge in [-0.15, -0.1) is 0 Å². The molecule has 0 aromatic carbocycles. The molecule has 7 nitrogen and oxygen atoms in total. The Balaban J connectivity index is 1.92. The monoisotopic (exact) mass is 333 g/mol. The van der Waals surface area contributed by atoms with Gasteiger partial charge < -0.3 is 4.57 Å². The van der Waals surface area contributed by atoms with Crippen LogP contribution in [0.4, 0.5) is 0 Å². The Morgan fingerprint density at radius 3 is 2.70 bits per heavy atom. The van der Waals surface area contributed by atoms with Crippen molar-refractivity contribution in [2.24, 2.45) is 0 Å². The topological polar surface area (TPSA) is 98.1 Å². The fourth-order valence-electron chi connectivity index (χ4n) is 2.30. The van der Waals surface area contributed by atoms with Crippen LogP contribution in [0.25, 0.3) is 0 Å². The summed E-state index contributed by atoms with van der Waals surface area (Å²) in [5.74, 6) is -0.949. The minimum absolute atomic E-state index is 0.102. The van der Waals surface area contributed by atoms with E-state index in [2.05, 4.69) is 4.98 Å². The van der Waals surface area contributed by atoms with Crippen molar-refractivity contribution < 1.29 is 13.2 Å². The highest BCUT2D eigenvalue weighted by atomic mass is 32.2. The van der Waals surface area contributed by atoms with E-state index in [9.17, 15) is 18.0 Å². The second-order valence-corrected chi connectivity index (χ2v) is 7.02. The normalized spacial score (nSPS) is 14.5. The first-order valence-electron chi connectivity index (χ1n) is 7.10. The number of carbonyl (C=O) groups excluding carboxylic acids is 1. The zero-order valence-corrected chi connectivity index (χ0v) is 13.2. The van der Waals surface area contributed by atoms with Gasteiger partial charge in [0.25, 0.3) is 21.5 Å². The zero-order valence-electron chi connectivity index (χ0n) is 12.4. The smallest absolute Gasteiger partial charge is 0.282 e. The van der Waals surface area contributed by atoms with Crippen LogP contribution in [0.3, 0.4) is 0 Å². The lowest BCUT2D eigenvalue weighted by atomic mass is 10.2. The molecule has 23 heavy (non-hydrogen) atoms. The van der Waals surface area contributed by atoms with E-state index in [1.54, 1.807) is 31.3 Å². The minimum Gasteiger partial charge on any atom is -0.312 e. The van der Waals surface area contributed by atoms with Crippen LogP contribution in [0, 0.1) is 6.92 Å². The van der Waals surface area contributed by atoms with E-state index in [0.717, 1.165) is 12.8 Å². The number of rotatable bonds is 4. The Morgan fingerprint density at radius 2 is 2.04 bits per heavy atom. The molecule has 120 valence electrons. The molecule has 0 bridgehead atoms. The second-order valence-electron chi connectivity index (χ2n) is 5.43. The summed E-state index contributed by atoms with van der Waals surface area (Å²) in [5.41, 5.74) is -0.270. The highest BCUT2D eigenvalue weighted by Gasteiger charge is 2.28. The largest absolute Gasteiger partial charge is 0.312 e. The van der Waals surface area contributed by atoms with Crippen LogP contribution in [0.5, 0.6) is 0 Å². The number of nitrogens with one attached hydrogen (secondary N) is 1. The van der Waals surface area contributed by atoms with Crippen molar-refractivity contribution in [2.75, 3.05) is 0 Å². The summed E-state index contributed by atoms with van der Waals surface area (Å²) < 4.78 is 27.9. The molecule has 1 saturated carbocycles. The highest BCUT2D eigenvalue weighted by molar-refractivity contribution is 7.90. The standard InChI is InChI=1S/C15H15N3O4S/c1-10-4-2-8-16-14(10)23(21,22)17-13(19)12-5-3-9-18(15(12)20)11-6-7-11/h2-5,8-9,11H,6-7H2,1H3,(H,17,19). The minimum atomic E-state index is -4.13. The number of hydrogen-bond donors (Lipinski definition) is 1. The van der Waals surface area contributed by atoms with Gasteiger partial charge in [0.05, 0.1) is 0 Å². The number of aryl methyl sites for hydroxylation is 1. The lowest BCUT2D eigenvalue weighted by Gasteiger charge is -2.09. The average molecular weight is 333 g/mol. The maximum absolute atomic E-state index is 12.3. The van der Waals surface area contributed by atoms with Crippen molar-refractivity contribution >= 4 is 15.9 Å². The van der Waals surface area contributed by atoms with Gasteiger partial charge in [0.15, 0.2) is 5.03 Å². The number of hydrogen-bond acceptors (Lipinski definition) is 5. The van der Waals surface area contributed by atoms with Crippen molar-refractivity contribution in [1.29, 1.82) is 0 Å². The zero-order chi connectivity index (χ0) is 16.6. The summed E-state index contributed by atoms with van der Waals surface area (Å²) in [6.45, 7) is 1.58. The Bertz CT molecular complexity index is 930. The van der Waals surface area contributed by atoms with Gasteiger partial charge in [-0.2, -0.15) is 8.42 Å². The van der Waals surface area contributed by atoms with E-state index in [1.807, 2.05) is 4.72 Å². The van der Waals surface area contributed by atoms with E-state index in [0.29, 0.717) is 5.56 Å². The van der Waals surface area contributed by atoms with E-state index < -0.39 is 21.5 Å². The van der Waals surface area contributed by atoms with Crippen molar-refractivity contribution in [2.45, 2.75) is 30.8 Å². The number of nitrogens with zero attached hydrogens (tertiary/aromatic N) is 2. The molecule has 8 heteroatoms. The van der Waals surface area contributed by atoms with Gasteiger partial charge in [0.2, 0.25) is 0 Å². The molecule has 1 amide bonds. The van der Waals surface area contributed by atoms with Crippen LogP contribution >= 0.6 is 0 Å². The van der Waals surface area contributed by atoms with Gasteiger partial charge >= 0.3 is 0 Å². The third kappa shape index (κ3) is 3.02. The molecular weight excluding hydrogens is 318 g/mol. The van der Waals surface area contributed by atoms with E-state index in [1.165, 1.54) is 16.8 Å². The molecule has 2 aromatic rings. The van der Waals surface area contributed by atoms with Gasteiger partial charge in [-0.25, -0.2) is 9.71 Å². The third-order valence-corrected chi connectivity index (χ3v) is 4.99. The van der Waals surface area contributed by atoms with Crippen molar-refractivity contribution in [3.05, 3.63) is 58.1 Å². The molecule has 1 aliphatic carbocycles. The van der Waals surface area contributed by atoms with Crippen molar-refractivity contribution in [1.82, 2.24) is 14.3 Å². The number of carbonyl (C=O) groups is 1. The van der Waals surface area contributed by atoms with Crippen LogP contribution < -0.4 is 10.3 Å². The average Bonchev–Trinajstić information content (AvgIpc) is 3.31. The molecular formula is C15H15N3O4S. The molecule has 1 aliphatic rings. The molecule has 2 heterocycles. The lowest BCUT2D eigenvalue weighted by Crippen LogP contribution is -2.36. The summed E-state index contributed by atoms with van der Waals surface area (Å²) in [4.78, 5) is 28.3. The van der Waals surface area contributed by atoms with Crippen LogP contribution in [0.1, 0.15) is 34.8 Å². The first-order valence-corrected chi connectivity index (χ1v) is 8.58. The molecule has 0 aliphatic heterocycles. The molecule has 1 fully saturated rings. The quantitative estimate of drug-likeness (QED) is 0.900. The fourth-order valence-corrected chi connectivity index (χ4v) is 3.44. The molecule has 2 aromatic heterocycles. The first kappa shape index (κ1) is 15.4. The van der Waals surface area contributed by atoms with Gasteiger partial charge in [0.1, 0.15) is 5.56 Å². The molecule has 0 saturated heterocycles. The van der Waals surface area contributed by atoms with Gasteiger partial charge in [-0.1, -0.05) is 6.07 Å². The fraction of sp³-hybridized carbons (Fsp3) is 0.267.